The van der Waals surface area contributed by atoms with Crippen molar-refractivity contribution in [1.29, 1.82) is 0 Å². The van der Waals surface area contributed by atoms with Crippen molar-refractivity contribution in [3.63, 3.8) is 0 Å². The molecule has 2 N–H and O–H groups in total. The molecule has 4 unspecified atom stereocenters. The first-order valence-electron chi connectivity index (χ1n) is 9.50. The Morgan fingerprint density at radius 3 is 2.44 bits per heavy atom. The van der Waals surface area contributed by atoms with E-state index in [1.54, 1.807) is 0 Å². The highest BCUT2D eigenvalue weighted by atomic mass is 35.5. The Hall–Kier alpha value is -0.850. The molecule has 0 saturated carbocycles. The average molecular weight is 418 g/mol. The fourth-order valence-corrected chi connectivity index (χ4v) is 4.21. The molecule has 0 aliphatic carbocycles. The van der Waals surface area contributed by atoms with E-state index in [1.807, 2.05) is 30.3 Å². The number of likely N-dealkylation sites (tertiary alicyclic amines) is 1. The Morgan fingerprint density at radius 1 is 1.19 bits per heavy atom. The molecule has 3 rings (SSSR count). The van der Waals surface area contributed by atoms with Crippen LogP contribution in [0.25, 0.3) is 0 Å². The Kier molecular flexibility index (Phi) is 10.1. The highest BCUT2D eigenvalue weighted by Crippen LogP contribution is 2.23. The van der Waals surface area contributed by atoms with Gasteiger partial charge in [0.05, 0.1) is 12.2 Å². The molecule has 154 valence electrons. The van der Waals surface area contributed by atoms with Crippen molar-refractivity contribution in [3.05, 3.63) is 35.9 Å². The van der Waals surface area contributed by atoms with E-state index in [9.17, 15) is 4.79 Å². The van der Waals surface area contributed by atoms with Crippen molar-refractivity contribution in [2.45, 2.75) is 57.4 Å². The molecule has 1 amide bonds. The zero-order chi connectivity index (χ0) is 17.8. The molecule has 2 saturated heterocycles. The molecule has 2 aliphatic rings. The van der Waals surface area contributed by atoms with E-state index in [1.165, 1.54) is 0 Å². The SMILES string of the molecule is CC1CN(CC2CCCN2C(=O)CC(N)c2ccccc2)CC(C)O1.Cl.Cl. The first-order chi connectivity index (χ1) is 12.0. The van der Waals surface area contributed by atoms with E-state index in [4.69, 9.17) is 10.5 Å². The molecule has 27 heavy (non-hydrogen) atoms. The second-order valence-electron chi connectivity index (χ2n) is 7.58. The molecule has 1 aromatic carbocycles. The van der Waals surface area contributed by atoms with Crippen molar-refractivity contribution >= 4 is 30.7 Å². The lowest BCUT2D eigenvalue weighted by Gasteiger charge is -2.38. The molecule has 4 atom stereocenters. The van der Waals surface area contributed by atoms with Crippen LogP contribution >= 0.6 is 24.8 Å². The van der Waals surface area contributed by atoms with Crippen LogP contribution in [0.5, 0.6) is 0 Å². The summed E-state index contributed by atoms with van der Waals surface area (Å²) in [7, 11) is 0. The fraction of sp³-hybridized carbons (Fsp3) is 0.650. The number of carbonyl (C=O) groups excluding carboxylic acids is 1. The third kappa shape index (κ3) is 6.61. The summed E-state index contributed by atoms with van der Waals surface area (Å²) in [4.78, 5) is 17.3. The summed E-state index contributed by atoms with van der Waals surface area (Å²) in [5.74, 6) is 0.188. The van der Waals surface area contributed by atoms with Gasteiger partial charge in [0.2, 0.25) is 5.91 Å². The minimum absolute atomic E-state index is 0. The van der Waals surface area contributed by atoms with Gasteiger partial charge < -0.3 is 15.4 Å². The summed E-state index contributed by atoms with van der Waals surface area (Å²) >= 11 is 0. The van der Waals surface area contributed by atoms with Crippen LogP contribution in [0.4, 0.5) is 0 Å². The molecule has 0 aromatic heterocycles. The third-order valence-corrected chi connectivity index (χ3v) is 5.28. The van der Waals surface area contributed by atoms with Gasteiger partial charge in [-0.2, -0.15) is 0 Å². The molecule has 5 nitrogen and oxygen atoms in total. The van der Waals surface area contributed by atoms with Gasteiger partial charge >= 0.3 is 0 Å². The summed E-state index contributed by atoms with van der Waals surface area (Å²) in [6, 6.07) is 9.99. The number of nitrogens with two attached hydrogens (primary N) is 1. The normalized spacial score (nSPS) is 26.8. The van der Waals surface area contributed by atoms with Crippen molar-refractivity contribution in [2.75, 3.05) is 26.2 Å². The van der Waals surface area contributed by atoms with Crippen LogP contribution in [0, 0.1) is 0 Å². The van der Waals surface area contributed by atoms with Crippen LogP contribution in [0.3, 0.4) is 0 Å². The number of amides is 1. The van der Waals surface area contributed by atoms with Crippen LogP contribution in [-0.4, -0.2) is 60.1 Å². The molecule has 0 bridgehead atoms. The summed E-state index contributed by atoms with van der Waals surface area (Å²) in [6.45, 7) is 7.96. The molecule has 2 aliphatic heterocycles. The maximum absolute atomic E-state index is 12.8. The van der Waals surface area contributed by atoms with Crippen LogP contribution in [-0.2, 0) is 9.53 Å². The molecule has 2 heterocycles. The Labute approximate surface area is 175 Å². The van der Waals surface area contributed by atoms with Gasteiger partial charge in [-0.1, -0.05) is 30.3 Å². The molecule has 7 heteroatoms. The molecule has 0 spiro atoms. The number of halogens is 2. The van der Waals surface area contributed by atoms with Gasteiger partial charge in [0.25, 0.3) is 0 Å². The molecule has 1 aromatic rings. The van der Waals surface area contributed by atoms with E-state index in [0.717, 1.165) is 44.6 Å². The van der Waals surface area contributed by atoms with Gasteiger partial charge in [0, 0.05) is 44.7 Å². The van der Waals surface area contributed by atoms with E-state index in [2.05, 4.69) is 23.6 Å². The number of nitrogens with zero attached hydrogens (tertiary/aromatic N) is 2. The quantitative estimate of drug-likeness (QED) is 0.799. The minimum atomic E-state index is -0.224. The second kappa shape index (κ2) is 11.2. The number of hydrogen-bond acceptors (Lipinski definition) is 4. The van der Waals surface area contributed by atoms with Gasteiger partial charge in [-0.05, 0) is 32.3 Å². The van der Waals surface area contributed by atoms with Gasteiger partial charge in [-0.25, -0.2) is 0 Å². The number of carbonyl (C=O) groups is 1. The van der Waals surface area contributed by atoms with Crippen LogP contribution in [0.15, 0.2) is 30.3 Å². The van der Waals surface area contributed by atoms with Crippen molar-refractivity contribution in [1.82, 2.24) is 9.80 Å². The standard InChI is InChI=1S/C20H31N3O2.2ClH/c1-15-12-22(13-16(2)25-15)14-18-9-6-10-23(18)20(24)11-19(21)17-7-4-3-5-8-17;;/h3-5,7-8,15-16,18-19H,6,9-14,21H2,1-2H3;2*1H. The van der Waals surface area contributed by atoms with E-state index in [-0.39, 0.29) is 49.0 Å². The first kappa shape index (κ1) is 24.2. The Balaban J connectivity index is 0.00000182. The Morgan fingerprint density at radius 2 is 1.81 bits per heavy atom. The van der Waals surface area contributed by atoms with Gasteiger partial charge in [0.15, 0.2) is 0 Å². The van der Waals surface area contributed by atoms with Gasteiger partial charge in [-0.3, -0.25) is 9.69 Å². The highest BCUT2D eigenvalue weighted by Gasteiger charge is 2.32. The highest BCUT2D eigenvalue weighted by molar-refractivity contribution is 5.85. The van der Waals surface area contributed by atoms with E-state index in [0.29, 0.717) is 12.5 Å². The third-order valence-electron chi connectivity index (χ3n) is 5.28. The average Bonchev–Trinajstić information content (AvgIpc) is 3.03. The molecule has 2 fully saturated rings. The number of benzene rings is 1. The summed E-state index contributed by atoms with van der Waals surface area (Å²) in [5, 5.41) is 0. The van der Waals surface area contributed by atoms with E-state index < -0.39 is 0 Å². The minimum Gasteiger partial charge on any atom is -0.373 e. The Bertz CT molecular complexity index is 566. The van der Waals surface area contributed by atoms with Crippen molar-refractivity contribution < 1.29 is 9.53 Å². The molecule has 0 radical (unpaired) electrons. The molecular weight excluding hydrogens is 385 g/mol. The monoisotopic (exact) mass is 417 g/mol. The topological polar surface area (TPSA) is 58.8 Å². The maximum atomic E-state index is 12.8. The number of morpholine rings is 1. The zero-order valence-electron chi connectivity index (χ0n) is 16.3. The molecular formula is C20H33Cl2N3O2. The van der Waals surface area contributed by atoms with Crippen molar-refractivity contribution in [3.8, 4) is 0 Å². The number of rotatable bonds is 5. The smallest absolute Gasteiger partial charge is 0.224 e. The first-order valence-corrected chi connectivity index (χ1v) is 9.50. The lowest BCUT2D eigenvalue weighted by molar-refractivity contribution is -0.133. The summed E-state index contributed by atoms with van der Waals surface area (Å²) in [5.41, 5.74) is 7.29. The predicted molar refractivity (Wildman–Crippen MR) is 114 cm³/mol. The van der Waals surface area contributed by atoms with Crippen LogP contribution in [0.1, 0.15) is 44.7 Å². The summed E-state index contributed by atoms with van der Waals surface area (Å²) < 4.78 is 5.82. The maximum Gasteiger partial charge on any atom is 0.224 e. The summed E-state index contributed by atoms with van der Waals surface area (Å²) in [6.07, 6.45) is 3.09. The zero-order valence-corrected chi connectivity index (χ0v) is 17.9. The lowest BCUT2D eigenvalue weighted by atomic mass is 10.0. The van der Waals surface area contributed by atoms with Gasteiger partial charge in [-0.15, -0.1) is 24.8 Å². The fourth-order valence-electron chi connectivity index (χ4n) is 4.21. The van der Waals surface area contributed by atoms with Crippen LogP contribution < -0.4 is 5.73 Å². The largest absolute Gasteiger partial charge is 0.373 e. The van der Waals surface area contributed by atoms with Crippen molar-refractivity contribution in [2.24, 2.45) is 5.73 Å². The van der Waals surface area contributed by atoms with Crippen LogP contribution in [0.2, 0.25) is 0 Å². The number of ether oxygens (including phenoxy) is 1. The predicted octanol–water partition coefficient (Wildman–Crippen LogP) is 3.02. The second-order valence-corrected chi connectivity index (χ2v) is 7.58. The number of hydrogen-bond donors (Lipinski definition) is 1. The van der Waals surface area contributed by atoms with Gasteiger partial charge in [0.1, 0.15) is 0 Å². The van der Waals surface area contributed by atoms with E-state index >= 15 is 0 Å². The lowest BCUT2D eigenvalue weighted by Crippen LogP contribution is -2.51.